The van der Waals surface area contributed by atoms with Crippen molar-refractivity contribution in [2.75, 3.05) is 20.8 Å². The summed E-state index contributed by atoms with van der Waals surface area (Å²) in [5.74, 6) is -1.42. The molecule has 5 heteroatoms. The number of carbonyl (C=O) groups excluding carboxylic acids is 2. The molecule has 0 radical (unpaired) electrons. The number of carbonyl (C=O) groups is 2. The third-order valence-electron chi connectivity index (χ3n) is 2.44. The van der Waals surface area contributed by atoms with Crippen LogP contribution >= 0.6 is 0 Å². The second kappa shape index (κ2) is 4.82. The largest absolute Gasteiger partial charge is 0.468 e. The number of ether oxygens (including phenoxy) is 2. The van der Waals surface area contributed by atoms with Crippen molar-refractivity contribution in [3.05, 3.63) is 11.3 Å². The highest BCUT2D eigenvalue weighted by molar-refractivity contribution is 5.97. The van der Waals surface area contributed by atoms with Gasteiger partial charge in [0.25, 0.3) is 0 Å². The summed E-state index contributed by atoms with van der Waals surface area (Å²) in [5, 5.41) is 3.01. The Morgan fingerprint density at radius 1 is 1.40 bits per heavy atom. The molecular weight excluding hydrogens is 198 g/mol. The molecule has 1 rings (SSSR count). The zero-order chi connectivity index (χ0) is 11.4. The Morgan fingerprint density at radius 3 is 2.53 bits per heavy atom. The van der Waals surface area contributed by atoms with Gasteiger partial charge in [-0.1, -0.05) is 6.92 Å². The van der Waals surface area contributed by atoms with Crippen LogP contribution in [0, 0.1) is 5.92 Å². The van der Waals surface area contributed by atoms with E-state index in [1.54, 1.807) is 0 Å². The van der Waals surface area contributed by atoms with Gasteiger partial charge < -0.3 is 14.8 Å². The van der Waals surface area contributed by atoms with E-state index in [1.165, 1.54) is 14.2 Å². The molecule has 0 saturated heterocycles. The molecule has 1 aliphatic rings. The standard InChI is InChI=1S/C10H15NO4/c1-4-7-8(10(13)15-3)6(5-11-7)9(12)14-2/h6,11H,4-5H2,1-3H3. The van der Waals surface area contributed by atoms with Crippen molar-refractivity contribution in [3.63, 3.8) is 0 Å². The first-order valence-corrected chi connectivity index (χ1v) is 4.78. The van der Waals surface area contributed by atoms with E-state index in [-0.39, 0.29) is 0 Å². The van der Waals surface area contributed by atoms with Crippen molar-refractivity contribution in [1.29, 1.82) is 0 Å². The molecule has 0 bridgehead atoms. The summed E-state index contributed by atoms with van der Waals surface area (Å²) < 4.78 is 9.28. The van der Waals surface area contributed by atoms with Crippen LogP contribution in [0.4, 0.5) is 0 Å². The molecule has 15 heavy (non-hydrogen) atoms. The fourth-order valence-corrected chi connectivity index (χ4v) is 1.67. The summed E-state index contributed by atoms with van der Waals surface area (Å²) in [4.78, 5) is 22.9. The Kier molecular flexibility index (Phi) is 3.71. The average Bonchev–Trinajstić information content (AvgIpc) is 2.70. The minimum atomic E-state index is -0.544. The van der Waals surface area contributed by atoms with Gasteiger partial charge in [0.1, 0.15) is 5.92 Å². The molecule has 0 aliphatic carbocycles. The van der Waals surface area contributed by atoms with Crippen molar-refractivity contribution in [2.45, 2.75) is 13.3 Å². The average molecular weight is 213 g/mol. The van der Waals surface area contributed by atoms with Gasteiger partial charge in [0.15, 0.2) is 0 Å². The molecule has 0 aromatic carbocycles. The first kappa shape index (κ1) is 11.6. The van der Waals surface area contributed by atoms with Crippen LogP contribution in [0.25, 0.3) is 0 Å². The summed E-state index contributed by atoms with van der Waals surface area (Å²) in [6, 6.07) is 0. The van der Waals surface area contributed by atoms with E-state index in [4.69, 9.17) is 0 Å². The SMILES string of the molecule is CCC1=C(C(=O)OC)C(C(=O)OC)CN1. The normalized spacial score (nSPS) is 19.8. The van der Waals surface area contributed by atoms with Crippen LogP contribution in [0.1, 0.15) is 13.3 Å². The highest BCUT2D eigenvalue weighted by Gasteiger charge is 2.36. The van der Waals surface area contributed by atoms with E-state index in [0.717, 1.165) is 5.70 Å². The summed E-state index contributed by atoms with van der Waals surface area (Å²) in [7, 11) is 2.61. The molecule has 0 aromatic heterocycles. The van der Waals surface area contributed by atoms with Crippen LogP contribution in [0.3, 0.4) is 0 Å². The highest BCUT2D eigenvalue weighted by atomic mass is 16.5. The Balaban J connectivity index is 2.98. The predicted octanol–water partition coefficient (Wildman–Crippen LogP) is 0.216. The maximum absolute atomic E-state index is 11.5. The third kappa shape index (κ3) is 2.11. The zero-order valence-electron chi connectivity index (χ0n) is 9.12. The smallest absolute Gasteiger partial charge is 0.336 e. The van der Waals surface area contributed by atoms with Gasteiger partial charge >= 0.3 is 11.9 Å². The fraction of sp³-hybridized carbons (Fsp3) is 0.600. The van der Waals surface area contributed by atoms with Crippen LogP contribution < -0.4 is 5.32 Å². The number of hydrogen-bond acceptors (Lipinski definition) is 5. The van der Waals surface area contributed by atoms with E-state index in [9.17, 15) is 9.59 Å². The Hall–Kier alpha value is -1.52. The predicted molar refractivity (Wildman–Crippen MR) is 52.8 cm³/mol. The summed E-state index contributed by atoms with van der Waals surface area (Å²) >= 11 is 0. The molecule has 0 fully saturated rings. The van der Waals surface area contributed by atoms with Gasteiger partial charge in [0, 0.05) is 12.2 Å². The lowest BCUT2D eigenvalue weighted by Crippen LogP contribution is -2.25. The summed E-state index contributed by atoms with van der Waals surface area (Å²) in [5.41, 5.74) is 1.16. The molecule has 1 aliphatic heterocycles. The summed E-state index contributed by atoms with van der Waals surface area (Å²) in [6.45, 7) is 2.31. The van der Waals surface area contributed by atoms with Gasteiger partial charge in [0.05, 0.1) is 19.8 Å². The molecule has 0 saturated carbocycles. The van der Waals surface area contributed by atoms with Gasteiger partial charge in [-0.05, 0) is 6.42 Å². The lowest BCUT2D eigenvalue weighted by molar-refractivity contribution is -0.146. The van der Waals surface area contributed by atoms with Crippen LogP contribution in [0.2, 0.25) is 0 Å². The number of methoxy groups -OCH3 is 2. The lowest BCUT2D eigenvalue weighted by atomic mass is 10.0. The van der Waals surface area contributed by atoms with Crippen LogP contribution in [-0.4, -0.2) is 32.7 Å². The number of nitrogens with one attached hydrogen (secondary N) is 1. The topological polar surface area (TPSA) is 64.6 Å². The van der Waals surface area contributed by atoms with Crippen molar-refractivity contribution in [1.82, 2.24) is 5.32 Å². The molecule has 0 spiro atoms. The number of rotatable bonds is 3. The first-order chi connectivity index (χ1) is 7.15. The monoisotopic (exact) mass is 213 g/mol. The van der Waals surface area contributed by atoms with Gasteiger partial charge in [-0.25, -0.2) is 4.79 Å². The molecule has 1 unspecified atom stereocenters. The quantitative estimate of drug-likeness (QED) is 0.679. The Morgan fingerprint density at radius 2 is 2.07 bits per heavy atom. The minimum Gasteiger partial charge on any atom is -0.468 e. The van der Waals surface area contributed by atoms with Crippen molar-refractivity contribution in [3.8, 4) is 0 Å². The van der Waals surface area contributed by atoms with E-state index in [1.807, 2.05) is 6.92 Å². The molecule has 1 atom stereocenters. The number of allylic oxidation sites excluding steroid dienone is 1. The molecule has 84 valence electrons. The lowest BCUT2D eigenvalue weighted by Gasteiger charge is -2.09. The van der Waals surface area contributed by atoms with Gasteiger partial charge in [-0.3, -0.25) is 4.79 Å². The van der Waals surface area contributed by atoms with Gasteiger partial charge in [-0.15, -0.1) is 0 Å². The third-order valence-corrected chi connectivity index (χ3v) is 2.44. The highest BCUT2D eigenvalue weighted by Crippen LogP contribution is 2.24. The summed E-state index contributed by atoms with van der Waals surface area (Å²) in [6.07, 6.45) is 0.665. The van der Waals surface area contributed by atoms with Crippen molar-refractivity contribution >= 4 is 11.9 Å². The molecule has 0 amide bonds. The molecule has 1 N–H and O–H groups in total. The van der Waals surface area contributed by atoms with Gasteiger partial charge in [-0.2, -0.15) is 0 Å². The van der Waals surface area contributed by atoms with E-state index >= 15 is 0 Å². The second-order valence-electron chi connectivity index (χ2n) is 3.19. The Labute approximate surface area is 88.4 Å². The fourth-order valence-electron chi connectivity index (χ4n) is 1.67. The van der Waals surface area contributed by atoms with E-state index < -0.39 is 17.9 Å². The zero-order valence-corrected chi connectivity index (χ0v) is 9.12. The maximum atomic E-state index is 11.5. The molecule has 1 heterocycles. The Bertz CT molecular complexity index is 309. The minimum absolute atomic E-state index is 0.395. The molecule has 0 aromatic rings. The second-order valence-corrected chi connectivity index (χ2v) is 3.19. The molecular formula is C10H15NO4. The van der Waals surface area contributed by atoms with Crippen molar-refractivity contribution in [2.24, 2.45) is 5.92 Å². The maximum Gasteiger partial charge on any atom is 0.336 e. The van der Waals surface area contributed by atoms with Crippen LogP contribution in [0.5, 0.6) is 0 Å². The van der Waals surface area contributed by atoms with Crippen LogP contribution in [-0.2, 0) is 19.1 Å². The first-order valence-electron chi connectivity index (χ1n) is 4.78. The van der Waals surface area contributed by atoms with Crippen LogP contribution in [0.15, 0.2) is 11.3 Å². The number of hydrogen-bond donors (Lipinski definition) is 1. The van der Waals surface area contributed by atoms with Gasteiger partial charge in [0.2, 0.25) is 0 Å². The van der Waals surface area contributed by atoms with E-state index in [0.29, 0.717) is 18.5 Å². The number of esters is 2. The van der Waals surface area contributed by atoms with E-state index in [2.05, 4.69) is 14.8 Å². The van der Waals surface area contributed by atoms with Crippen molar-refractivity contribution < 1.29 is 19.1 Å². The molecule has 5 nitrogen and oxygen atoms in total.